The molecular weight excluding hydrogens is 266 g/mol. The number of esters is 1. The van der Waals surface area contributed by atoms with Crippen molar-refractivity contribution >= 4 is 16.0 Å². The smallest absolute Gasteiger partial charge is 0.339 e. The number of carbonyl (C=O) groups excluding carboxylic acids is 1. The molecule has 0 heterocycles. The molecule has 0 aliphatic carbocycles. The molecule has 5 nitrogen and oxygen atoms in total. The van der Waals surface area contributed by atoms with Crippen LogP contribution in [0.2, 0.25) is 0 Å². The Bertz CT molecular complexity index is 564. The summed E-state index contributed by atoms with van der Waals surface area (Å²) in [6, 6.07) is 5.95. The second-order valence-electron chi connectivity index (χ2n) is 3.74. The number of nitrogens with one attached hydrogen (secondary N) is 1. The Morgan fingerprint density at radius 2 is 2.05 bits per heavy atom. The van der Waals surface area contributed by atoms with Gasteiger partial charge in [0.1, 0.15) is 0 Å². The first-order valence-electron chi connectivity index (χ1n) is 5.81. The van der Waals surface area contributed by atoms with Gasteiger partial charge in [-0.25, -0.2) is 17.9 Å². The zero-order valence-corrected chi connectivity index (χ0v) is 11.7. The number of allylic oxidation sites excluding steroid dienone is 1. The van der Waals surface area contributed by atoms with Crippen LogP contribution in [0.4, 0.5) is 0 Å². The SMILES string of the molecule is C/C=C/CCNS(=O)(=O)c1ccccc1C(=O)OC. The Balaban J connectivity index is 2.98. The molecule has 1 rings (SSSR count). The Labute approximate surface area is 113 Å². The number of hydrogen-bond donors (Lipinski definition) is 1. The third-order valence-corrected chi connectivity index (χ3v) is 3.94. The van der Waals surface area contributed by atoms with Gasteiger partial charge in [0.2, 0.25) is 10.0 Å². The van der Waals surface area contributed by atoms with E-state index in [9.17, 15) is 13.2 Å². The predicted molar refractivity (Wildman–Crippen MR) is 72.4 cm³/mol. The van der Waals surface area contributed by atoms with Crippen LogP contribution >= 0.6 is 0 Å². The lowest BCUT2D eigenvalue weighted by Gasteiger charge is -2.09. The van der Waals surface area contributed by atoms with Crippen molar-refractivity contribution in [3.63, 3.8) is 0 Å². The average Bonchev–Trinajstić information content (AvgIpc) is 2.43. The number of carbonyl (C=O) groups is 1. The summed E-state index contributed by atoms with van der Waals surface area (Å²) in [7, 11) is -2.50. The molecule has 6 heteroatoms. The monoisotopic (exact) mass is 283 g/mol. The maximum Gasteiger partial charge on any atom is 0.339 e. The molecule has 0 aliphatic heterocycles. The van der Waals surface area contributed by atoms with Crippen molar-refractivity contribution in [3.05, 3.63) is 42.0 Å². The lowest BCUT2D eigenvalue weighted by molar-refractivity contribution is 0.0596. The fourth-order valence-corrected chi connectivity index (χ4v) is 2.74. The van der Waals surface area contributed by atoms with Gasteiger partial charge in [0.25, 0.3) is 0 Å². The largest absolute Gasteiger partial charge is 0.465 e. The van der Waals surface area contributed by atoms with Crippen molar-refractivity contribution in [1.29, 1.82) is 0 Å². The summed E-state index contributed by atoms with van der Waals surface area (Å²) in [6.07, 6.45) is 4.29. The molecule has 0 aromatic heterocycles. The molecular formula is C13H17NO4S. The van der Waals surface area contributed by atoms with Gasteiger partial charge < -0.3 is 4.74 Å². The van der Waals surface area contributed by atoms with Gasteiger partial charge in [0.05, 0.1) is 17.6 Å². The fraction of sp³-hybridized carbons (Fsp3) is 0.308. The summed E-state index contributed by atoms with van der Waals surface area (Å²) in [5.41, 5.74) is 0.0310. The van der Waals surface area contributed by atoms with E-state index in [-0.39, 0.29) is 17.0 Å². The molecule has 0 spiro atoms. The second-order valence-corrected chi connectivity index (χ2v) is 5.48. The van der Waals surface area contributed by atoms with E-state index in [2.05, 4.69) is 9.46 Å². The minimum absolute atomic E-state index is 0.0310. The van der Waals surface area contributed by atoms with E-state index in [1.54, 1.807) is 12.1 Å². The number of methoxy groups -OCH3 is 1. The molecule has 0 radical (unpaired) electrons. The predicted octanol–water partition coefficient (Wildman–Crippen LogP) is 1.72. The van der Waals surface area contributed by atoms with Gasteiger partial charge in [0.15, 0.2) is 0 Å². The normalized spacial score (nSPS) is 11.7. The van der Waals surface area contributed by atoms with Crippen molar-refractivity contribution in [1.82, 2.24) is 4.72 Å². The summed E-state index contributed by atoms with van der Waals surface area (Å²) in [5, 5.41) is 0. The number of ether oxygens (including phenoxy) is 1. The molecule has 0 amide bonds. The highest BCUT2D eigenvalue weighted by Crippen LogP contribution is 2.16. The van der Waals surface area contributed by atoms with Crippen LogP contribution in [0.3, 0.4) is 0 Å². The molecule has 0 saturated carbocycles. The lowest BCUT2D eigenvalue weighted by Crippen LogP contribution is -2.26. The van der Waals surface area contributed by atoms with Crippen molar-refractivity contribution < 1.29 is 17.9 Å². The second kappa shape index (κ2) is 7.06. The molecule has 0 unspecified atom stereocenters. The Morgan fingerprint density at radius 1 is 1.37 bits per heavy atom. The summed E-state index contributed by atoms with van der Waals surface area (Å²) in [6.45, 7) is 2.14. The van der Waals surface area contributed by atoms with Gasteiger partial charge in [-0.2, -0.15) is 0 Å². The zero-order chi connectivity index (χ0) is 14.3. The average molecular weight is 283 g/mol. The summed E-state index contributed by atoms with van der Waals surface area (Å²) in [5.74, 6) is -0.672. The van der Waals surface area contributed by atoms with E-state index in [1.807, 2.05) is 19.1 Å². The van der Waals surface area contributed by atoms with Crippen LogP contribution in [0.25, 0.3) is 0 Å². The van der Waals surface area contributed by atoms with Crippen molar-refractivity contribution in [2.24, 2.45) is 0 Å². The molecule has 1 aromatic rings. The molecule has 0 atom stereocenters. The maximum atomic E-state index is 12.1. The Kier molecular flexibility index (Phi) is 5.72. The van der Waals surface area contributed by atoms with E-state index < -0.39 is 16.0 Å². The Morgan fingerprint density at radius 3 is 2.68 bits per heavy atom. The van der Waals surface area contributed by atoms with Gasteiger partial charge >= 0.3 is 5.97 Å². The quantitative estimate of drug-likeness (QED) is 0.490. The number of benzene rings is 1. The van der Waals surface area contributed by atoms with E-state index in [0.717, 1.165) is 0 Å². The van der Waals surface area contributed by atoms with Gasteiger partial charge in [-0.1, -0.05) is 24.3 Å². The molecule has 19 heavy (non-hydrogen) atoms. The third-order valence-electron chi connectivity index (χ3n) is 2.42. The van der Waals surface area contributed by atoms with E-state index >= 15 is 0 Å². The van der Waals surface area contributed by atoms with Crippen LogP contribution in [0.5, 0.6) is 0 Å². The third kappa shape index (κ3) is 4.18. The molecule has 0 aliphatic rings. The molecule has 104 valence electrons. The lowest BCUT2D eigenvalue weighted by atomic mass is 10.2. The minimum atomic E-state index is -3.71. The minimum Gasteiger partial charge on any atom is -0.465 e. The molecule has 1 aromatic carbocycles. The highest BCUT2D eigenvalue weighted by Gasteiger charge is 2.21. The highest BCUT2D eigenvalue weighted by atomic mass is 32.2. The highest BCUT2D eigenvalue weighted by molar-refractivity contribution is 7.89. The molecule has 0 fully saturated rings. The van der Waals surface area contributed by atoms with E-state index in [1.165, 1.54) is 19.2 Å². The molecule has 0 bridgehead atoms. The van der Waals surface area contributed by atoms with Gasteiger partial charge in [-0.15, -0.1) is 0 Å². The number of sulfonamides is 1. The van der Waals surface area contributed by atoms with Crippen LogP contribution in [0.15, 0.2) is 41.3 Å². The fourth-order valence-electron chi connectivity index (χ4n) is 1.50. The van der Waals surface area contributed by atoms with Crippen LogP contribution in [0, 0.1) is 0 Å². The molecule has 1 N–H and O–H groups in total. The van der Waals surface area contributed by atoms with Crippen LogP contribution in [0.1, 0.15) is 23.7 Å². The van der Waals surface area contributed by atoms with Gasteiger partial charge in [0, 0.05) is 6.54 Å². The van der Waals surface area contributed by atoms with Gasteiger partial charge in [-0.05, 0) is 25.5 Å². The first-order chi connectivity index (χ1) is 9.03. The zero-order valence-electron chi connectivity index (χ0n) is 10.9. The van der Waals surface area contributed by atoms with E-state index in [0.29, 0.717) is 6.42 Å². The summed E-state index contributed by atoms with van der Waals surface area (Å²) in [4.78, 5) is 11.5. The molecule has 0 saturated heterocycles. The van der Waals surface area contributed by atoms with Crippen LogP contribution < -0.4 is 4.72 Å². The summed E-state index contributed by atoms with van der Waals surface area (Å²) >= 11 is 0. The van der Waals surface area contributed by atoms with Crippen molar-refractivity contribution in [3.8, 4) is 0 Å². The van der Waals surface area contributed by atoms with Crippen molar-refractivity contribution in [2.45, 2.75) is 18.2 Å². The maximum absolute atomic E-state index is 12.1. The van der Waals surface area contributed by atoms with Gasteiger partial charge in [-0.3, -0.25) is 0 Å². The van der Waals surface area contributed by atoms with Crippen LogP contribution in [-0.4, -0.2) is 28.0 Å². The first kappa shape index (κ1) is 15.4. The topological polar surface area (TPSA) is 72.5 Å². The van der Waals surface area contributed by atoms with Crippen molar-refractivity contribution in [2.75, 3.05) is 13.7 Å². The first-order valence-corrected chi connectivity index (χ1v) is 7.29. The standard InChI is InChI=1S/C13H17NO4S/c1-3-4-7-10-14-19(16,17)12-9-6-5-8-11(12)13(15)18-2/h3-6,8-9,14H,7,10H2,1-2H3/b4-3+. The van der Waals surface area contributed by atoms with E-state index in [4.69, 9.17) is 0 Å². The number of rotatable bonds is 6. The summed E-state index contributed by atoms with van der Waals surface area (Å²) < 4.78 is 31.2. The van der Waals surface area contributed by atoms with Crippen LogP contribution in [-0.2, 0) is 14.8 Å². The number of hydrogen-bond acceptors (Lipinski definition) is 4. The Hall–Kier alpha value is -1.66.